The minimum Gasteiger partial charge on any atom is -0.392 e. The Morgan fingerprint density at radius 3 is 2.08 bits per heavy atom. The molecule has 40 heavy (non-hydrogen) atoms. The minimum atomic E-state index is -1.23. The molecule has 0 aromatic heterocycles. The number of ether oxygens (including phenoxy) is 6. The van der Waals surface area contributed by atoms with Gasteiger partial charge in [0.15, 0.2) is 0 Å². The van der Waals surface area contributed by atoms with Crippen LogP contribution in [0.1, 0.15) is 109 Å². The first-order chi connectivity index (χ1) is 19.5. The van der Waals surface area contributed by atoms with Crippen LogP contribution < -0.4 is 0 Å². The summed E-state index contributed by atoms with van der Waals surface area (Å²) >= 11 is 6.50. The van der Waals surface area contributed by atoms with Crippen molar-refractivity contribution in [3.8, 4) is 0 Å². The monoisotopic (exact) mass is 584 g/mol. The lowest BCUT2D eigenvalue weighted by Crippen LogP contribution is -2.67. The molecule has 1 saturated heterocycles. The van der Waals surface area contributed by atoms with E-state index in [0.29, 0.717) is 43.6 Å². The Hall–Kier alpha value is -0.770. The summed E-state index contributed by atoms with van der Waals surface area (Å²) < 4.78 is 40.2. The molecule has 2 heterocycles. The number of fused-ring (bicyclic) bond motifs is 2. The first-order valence-electron chi connectivity index (χ1n) is 15.7. The highest BCUT2D eigenvalue weighted by molar-refractivity contribution is 6.31. The van der Waals surface area contributed by atoms with Crippen LogP contribution in [0.5, 0.6) is 0 Å². The van der Waals surface area contributed by atoms with Gasteiger partial charge in [-0.3, -0.25) is 0 Å². The third-order valence-electron chi connectivity index (χ3n) is 7.90. The highest BCUT2D eigenvalue weighted by Crippen LogP contribution is 2.50. The predicted molar refractivity (Wildman–Crippen MR) is 158 cm³/mol. The van der Waals surface area contributed by atoms with E-state index in [2.05, 4.69) is 34.6 Å². The molecule has 0 amide bonds. The first-order valence-corrected chi connectivity index (χ1v) is 16.1. The van der Waals surface area contributed by atoms with Gasteiger partial charge in [-0.15, -0.1) is 0 Å². The Labute approximate surface area is 247 Å². The molecule has 2 aliphatic rings. The number of benzene rings is 1. The van der Waals surface area contributed by atoms with Crippen molar-refractivity contribution < 1.29 is 33.5 Å². The maximum Gasteiger partial charge on any atom is 0.225 e. The van der Waals surface area contributed by atoms with Gasteiger partial charge in [0.1, 0.15) is 24.4 Å². The summed E-state index contributed by atoms with van der Waals surface area (Å²) in [6, 6.07) is 3.79. The second kappa shape index (κ2) is 17.4. The van der Waals surface area contributed by atoms with Crippen molar-refractivity contribution >= 4 is 11.6 Å². The summed E-state index contributed by atoms with van der Waals surface area (Å²) in [4.78, 5) is 0. The molecule has 1 aromatic carbocycles. The van der Waals surface area contributed by atoms with Crippen LogP contribution in [0.15, 0.2) is 12.1 Å². The van der Waals surface area contributed by atoms with E-state index in [0.717, 1.165) is 68.9 Å². The van der Waals surface area contributed by atoms with Gasteiger partial charge in [0.25, 0.3) is 0 Å². The number of aliphatic hydroxyl groups excluding tert-OH is 1. The van der Waals surface area contributed by atoms with Crippen molar-refractivity contribution in [1.29, 1.82) is 0 Å². The van der Waals surface area contributed by atoms with Gasteiger partial charge in [0.2, 0.25) is 5.79 Å². The number of hydrogen-bond acceptors (Lipinski definition) is 7. The van der Waals surface area contributed by atoms with Crippen LogP contribution in [-0.4, -0.2) is 62.1 Å². The van der Waals surface area contributed by atoms with Crippen molar-refractivity contribution in [2.45, 2.75) is 142 Å². The van der Waals surface area contributed by atoms with Gasteiger partial charge in [0, 0.05) is 37.0 Å². The molecule has 0 radical (unpaired) electrons. The van der Waals surface area contributed by atoms with Crippen molar-refractivity contribution in [2.75, 3.05) is 26.4 Å². The third kappa shape index (κ3) is 7.99. The highest BCUT2D eigenvalue weighted by Gasteiger charge is 2.62. The van der Waals surface area contributed by atoms with Crippen LogP contribution in [0.4, 0.5) is 0 Å². The third-order valence-corrected chi connectivity index (χ3v) is 8.25. The molecule has 0 bridgehead atoms. The van der Waals surface area contributed by atoms with Gasteiger partial charge < -0.3 is 33.5 Å². The molecule has 6 atom stereocenters. The lowest BCUT2D eigenvalue weighted by atomic mass is 9.84. The molecule has 7 nitrogen and oxygen atoms in total. The summed E-state index contributed by atoms with van der Waals surface area (Å²) in [5.74, 6) is -1.23. The van der Waals surface area contributed by atoms with E-state index in [1.165, 1.54) is 0 Å². The SMILES string of the molecule is CCCCOC(CC)[C@H]1O[C@]2(OCc3cc(Cl)c(CO)cc32)[C@H](OCCCC)[C@@H](OCCCC)[C@@H]1OCCCC. The van der Waals surface area contributed by atoms with Crippen molar-refractivity contribution in [3.05, 3.63) is 33.8 Å². The molecule has 0 aliphatic carbocycles. The summed E-state index contributed by atoms with van der Waals surface area (Å²) in [5.41, 5.74) is 2.41. The number of halogens is 1. The van der Waals surface area contributed by atoms with E-state index in [-0.39, 0.29) is 18.8 Å². The number of aliphatic hydroxyl groups is 1. The number of rotatable bonds is 19. The van der Waals surface area contributed by atoms with Crippen molar-refractivity contribution in [2.24, 2.45) is 0 Å². The van der Waals surface area contributed by atoms with E-state index in [1.807, 2.05) is 12.1 Å². The van der Waals surface area contributed by atoms with Gasteiger partial charge in [0.05, 0.1) is 19.3 Å². The summed E-state index contributed by atoms with van der Waals surface area (Å²) in [5, 5.41) is 10.6. The number of hydrogen-bond donors (Lipinski definition) is 1. The fourth-order valence-corrected chi connectivity index (χ4v) is 5.75. The molecule has 1 N–H and O–H groups in total. The van der Waals surface area contributed by atoms with E-state index in [4.69, 9.17) is 40.0 Å². The molecule has 8 heteroatoms. The maximum atomic E-state index is 10.1. The molecule has 0 saturated carbocycles. The molecule has 1 aromatic rings. The largest absolute Gasteiger partial charge is 0.392 e. The van der Waals surface area contributed by atoms with Gasteiger partial charge in [-0.2, -0.15) is 0 Å². The zero-order valence-electron chi connectivity index (χ0n) is 25.4. The maximum absolute atomic E-state index is 10.1. The smallest absolute Gasteiger partial charge is 0.225 e. The standard InChI is InChI=1S/C32H53ClO7/c1-6-11-15-35-27(10-5)28-29(36-16-12-7-2)30(37-17-13-8-3)31(38-18-14-9-4)32(40-28)25-19-23(21-34)26(33)20-24(25)22-39-32/h19-20,27-31,34H,6-18,21-22H2,1-5H3/t27?,28-,29-,30+,31-,32+/m1/s1. The molecule has 3 rings (SSSR count). The minimum absolute atomic E-state index is 0.177. The van der Waals surface area contributed by atoms with Crippen LogP contribution in [0.3, 0.4) is 0 Å². The lowest BCUT2D eigenvalue weighted by Gasteiger charge is -2.52. The molecule has 1 unspecified atom stereocenters. The molecule has 1 fully saturated rings. The van der Waals surface area contributed by atoms with Crippen LogP contribution in [0, 0.1) is 0 Å². The van der Waals surface area contributed by atoms with Crippen molar-refractivity contribution in [1.82, 2.24) is 0 Å². The van der Waals surface area contributed by atoms with Crippen LogP contribution in [-0.2, 0) is 47.4 Å². The van der Waals surface area contributed by atoms with Crippen LogP contribution in [0.25, 0.3) is 0 Å². The number of unbranched alkanes of at least 4 members (excludes halogenated alkanes) is 4. The van der Waals surface area contributed by atoms with Crippen LogP contribution in [0.2, 0.25) is 5.02 Å². The fraction of sp³-hybridized carbons (Fsp3) is 0.812. The summed E-state index contributed by atoms with van der Waals surface area (Å²) in [6.07, 6.45) is 6.62. The van der Waals surface area contributed by atoms with Crippen molar-refractivity contribution in [3.63, 3.8) is 0 Å². The van der Waals surface area contributed by atoms with Gasteiger partial charge in [-0.25, -0.2) is 0 Å². The van der Waals surface area contributed by atoms with Gasteiger partial charge in [-0.1, -0.05) is 71.9 Å². The van der Waals surface area contributed by atoms with E-state index in [9.17, 15) is 5.11 Å². The van der Waals surface area contributed by atoms with E-state index in [1.54, 1.807) is 0 Å². The highest BCUT2D eigenvalue weighted by atomic mass is 35.5. The van der Waals surface area contributed by atoms with E-state index >= 15 is 0 Å². The van der Waals surface area contributed by atoms with E-state index < -0.39 is 24.1 Å². The molecular formula is C32H53ClO7. The Morgan fingerprint density at radius 2 is 1.48 bits per heavy atom. The average Bonchev–Trinajstić information content (AvgIpc) is 3.30. The zero-order chi connectivity index (χ0) is 29.0. The fourth-order valence-electron chi connectivity index (χ4n) is 5.50. The quantitative estimate of drug-likeness (QED) is 0.174. The Balaban J connectivity index is 2.13. The lowest BCUT2D eigenvalue weighted by molar-refractivity contribution is -0.390. The second-order valence-electron chi connectivity index (χ2n) is 11.0. The second-order valence-corrected chi connectivity index (χ2v) is 11.4. The topological polar surface area (TPSA) is 75.6 Å². The first kappa shape index (κ1) is 33.7. The Morgan fingerprint density at radius 1 is 0.875 bits per heavy atom. The molecule has 230 valence electrons. The zero-order valence-corrected chi connectivity index (χ0v) is 26.2. The molecular weight excluding hydrogens is 532 g/mol. The predicted octanol–water partition coefficient (Wildman–Crippen LogP) is 7.07. The normalized spacial score (nSPS) is 26.9. The Bertz CT molecular complexity index is 868. The molecule has 2 aliphatic heterocycles. The van der Waals surface area contributed by atoms with Crippen LogP contribution >= 0.6 is 11.6 Å². The summed E-state index contributed by atoms with van der Waals surface area (Å²) in [7, 11) is 0. The molecule has 1 spiro atoms. The van der Waals surface area contributed by atoms with Gasteiger partial charge in [-0.05, 0) is 55.4 Å². The summed E-state index contributed by atoms with van der Waals surface area (Å²) in [6.45, 7) is 13.3. The van der Waals surface area contributed by atoms with Gasteiger partial charge >= 0.3 is 0 Å². The Kier molecular flexibility index (Phi) is 14.6. The average molecular weight is 585 g/mol.